The van der Waals surface area contributed by atoms with Crippen LogP contribution in [0.3, 0.4) is 0 Å². The molecule has 1 aromatic rings. The van der Waals surface area contributed by atoms with Gasteiger partial charge in [-0.2, -0.15) is 0 Å². The van der Waals surface area contributed by atoms with Gasteiger partial charge in [0, 0.05) is 17.6 Å². The highest BCUT2D eigenvalue weighted by atomic mass is 35.5. The van der Waals surface area contributed by atoms with Gasteiger partial charge in [-0.1, -0.05) is 23.7 Å². The first kappa shape index (κ1) is 16.3. The van der Waals surface area contributed by atoms with E-state index in [2.05, 4.69) is 5.32 Å². The predicted octanol–water partition coefficient (Wildman–Crippen LogP) is 1.08. The molecule has 0 aromatic heterocycles. The number of carbonyl (C=O) groups excluding carboxylic acids is 1. The van der Waals surface area contributed by atoms with Gasteiger partial charge in [-0.25, -0.2) is 8.42 Å². The molecule has 1 saturated heterocycles. The number of amides is 1. The van der Waals surface area contributed by atoms with Gasteiger partial charge in [-0.05, 0) is 31.2 Å². The fourth-order valence-electron chi connectivity index (χ4n) is 2.34. The Morgan fingerprint density at radius 3 is 2.62 bits per heavy atom. The second kappa shape index (κ2) is 6.77. The van der Waals surface area contributed by atoms with Crippen molar-refractivity contribution in [2.75, 3.05) is 25.1 Å². The Balaban J connectivity index is 1.78. The molecule has 7 heteroatoms. The molecule has 21 heavy (non-hydrogen) atoms. The average Bonchev–Trinajstić information content (AvgIpc) is 2.78. The minimum absolute atomic E-state index is 0.0590. The van der Waals surface area contributed by atoms with E-state index in [1.807, 2.05) is 17.0 Å². The van der Waals surface area contributed by atoms with Crippen molar-refractivity contribution in [1.82, 2.24) is 10.2 Å². The van der Waals surface area contributed by atoms with Crippen LogP contribution in [0.15, 0.2) is 24.3 Å². The van der Waals surface area contributed by atoms with Gasteiger partial charge in [0.1, 0.15) is 0 Å². The molecule has 1 fully saturated rings. The van der Waals surface area contributed by atoms with Gasteiger partial charge in [-0.15, -0.1) is 0 Å². The SMILES string of the molecule is CN(CC(=O)NCc1ccc(Cl)cc1)C1CCS(=O)(=O)C1. The summed E-state index contributed by atoms with van der Waals surface area (Å²) in [5.74, 6) is 0.249. The number of hydrogen-bond acceptors (Lipinski definition) is 4. The first-order chi connectivity index (χ1) is 9.85. The molecule has 116 valence electrons. The van der Waals surface area contributed by atoms with E-state index >= 15 is 0 Å². The number of nitrogens with zero attached hydrogens (tertiary/aromatic N) is 1. The highest BCUT2D eigenvalue weighted by Crippen LogP contribution is 2.16. The van der Waals surface area contributed by atoms with Crippen molar-refractivity contribution in [2.45, 2.75) is 19.0 Å². The molecular weight excluding hydrogens is 312 g/mol. The fourth-order valence-corrected chi connectivity index (χ4v) is 4.27. The molecule has 1 unspecified atom stereocenters. The molecule has 0 bridgehead atoms. The normalized spacial score (nSPS) is 20.6. The molecule has 1 atom stereocenters. The largest absolute Gasteiger partial charge is 0.351 e. The lowest BCUT2D eigenvalue weighted by Crippen LogP contribution is -2.41. The van der Waals surface area contributed by atoms with E-state index in [1.54, 1.807) is 19.2 Å². The second-order valence-electron chi connectivity index (χ2n) is 5.38. The lowest BCUT2D eigenvalue weighted by Gasteiger charge is -2.22. The minimum Gasteiger partial charge on any atom is -0.351 e. The molecule has 1 N–H and O–H groups in total. The lowest BCUT2D eigenvalue weighted by molar-refractivity contribution is -0.122. The van der Waals surface area contributed by atoms with Crippen LogP contribution >= 0.6 is 11.6 Å². The Kier molecular flexibility index (Phi) is 5.24. The van der Waals surface area contributed by atoms with Gasteiger partial charge in [0.25, 0.3) is 0 Å². The van der Waals surface area contributed by atoms with Crippen LogP contribution in [-0.4, -0.2) is 50.4 Å². The summed E-state index contributed by atoms with van der Waals surface area (Å²) in [5.41, 5.74) is 0.971. The Morgan fingerprint density at radius 2 is 2.05 bits per heavy atom. The summed E-state index contributed by atoms with van der Waals surface area (Å²) in [6, 6.07) is 7.21. The van der Waals surface area contributed by atoms with Crippen LogP contribution in [0.25, 0.3) is 0 Å². The number of carbonyl (C=O) groups is 1. The molecule has 1 aliphatic rings. The van der Waals surface area contributed by atoms with E-state index in [0.29, 0.717) is 18.0 Å². The van der Waals surface area contributed by atoms with Gasteiger partial charge in [0.2, 0.25) is 5.91 Å². The molecule has 5 nitrogen and oxygen atoms in total. The summed E-state index contributed by atoms with van der Waals surface area (Å²) in [4.78, 5) is 13.7. The highest BCUT2D eigenvalue weighted by molar-refractivity contribution is 7.91. The Hall–Kier alpha value is -1.11. The van der Waals surface area contributed by atoms with Gasteiger partial charge >= 0.3 is 0 Å². The summed E-state index contributed by atoms with van der Waals surface area (Å²) < 4.78 is 22.9. The number of nitrogens with one attached hydrogen (secondary N) is 1. The van der Waals surface area contributed by atoms with Crippen LogP contribution in [0.4, 0.5) is 0 Å². The van der Waals surface area contributed by atoms with Crippen molar-refractivity contribution < 1.29 is 13.2 Å². The maximum Gasteiger partial charge on any atom is 0.234 e. The van der Waals surface area contributed by atoms with E-state index in [-0.39, 0.29) is 30.0 Å². The summed E-state index contributed by atoms with van der Waals surface area (Å²) in [6.45, 7) is 0.639. The average molecular weight is 331 g/mol. The van der Waals surface area contributed by atoms with Crippen molar-refractivity contribution in [3.63, 3.8) is 0 Å². The fraction of sp³-hybridized carbons (Fsp3) is 0.500. The zero-order valence-electron chi connectivity index (χ0n) is 11.9. The monoisotopic (exact) mass is 330 g/mol. The zero-order chi connectivity index (χ0) is 15.5. The van der Waals surface area contributed by atoms with Gasteiger partial charge in [-0.3, -0.25) is 9.69 Å². The van der Waals surface area contributed by atoms with Crippen molar-refractivity contribution in [3.05, 3.63) is 34.9 Å². The standard InChI is InChI=1S/C14H19ClN2O3S/c1-17(13-6-7-21(19,20)10-13)9-14(18)16-8-11-2-4-12(15)5-3-11/h2-5,13H,6-10H2,1H3,(H,16,18). The Morgan fingerprint density at radius 1 is 1.38 bits per heavy atom. The van der Waals surface area contributed by atoms with Crippen molar-refractivity contribution in [2.24, 2.45) is 0 Å². The third kappa shape index (κ3) is 4.98. The first-order valence-corrected chi connectivity index (χ1v) is 8.97. The van der Waals surface area contributed by atoms with Crippen molar-refractivity contribution >= 4 is 27.3 Å². The second-order valence-corrected chi connectivity index (χ2v) is 8.04. The van der Waals surface area contributed by atoms with Crippen LogP contribution in [-0.2, 0) is 21.2 Å². The molecule has 1 amide bonds. The molecule has 0 radical (unpaired) electrons. The van der Waals surface area contributed by atoms with Crippen LogP contribution in [0.5, 0.6) is 0 Å². The maximum absolute atomic E-state index is 11.9. The topological polar surface area (TPSA) is 66.5 Å². The Bertz CT molecular complexity index is 601. The van der Waals surface area contributed by atoms with Crippen LogP contribution in [0.2, 0.25) is 5.02 Å². The summed E-state index contributed by atoms with van der Waals surface area (Å²) in [5, 5.41) is 3.48. The molecule has 1 aliphatic heterocycles. The highest BCUT2D eigenvalue weighted by Gasteiger charge is 2.31. The van der Waals surface area contributed by atoms with Crippen molar-refractivity contribution in [1.29, 1.82) is 0 Å². The summed E-state index contributed by atoms with van der Waals surface area (Å²) in [6.07, 6.45) is 0.600. The van der Waals surface area contributed by atoms with E-state index in [4.69, 9.17) is 11.6 Å². The van der Waals surface area contributed by atoms with Crippen LogP contribution in [0.1, 0.15) is 12.0 Å². The zero-order valence-corrected chi connectivity index (χ0v) is 13.5. The van der Waals surface area contributed by atoms with E-state index in [9.17, 15) is 13.2 Å². The van der Waals surface area contributed by atoms with Crippen LogP contribution in [0, 0.1) is 0 Å². The van der Waals surface area contributed by atoms with Crippen molar-refractivity contribution in [3.8, 4) is 0 Å². The Labute approximate surface area is 130 Å². The molecule has 0 spiro atoms. The first-order valence-electron chi connectivity index (χ1n) is 6.77. The minimum atomic E-state index is -2.92. The number of hydrogen-bond donors (Lipinski definition) is 1. The van der Waals surface area contributed by atoms with E-state index < -0.39 is 9.84 Å². The predicted molar refractivity (Wildman–Crippen MR) is 83.0 cm³/mol. The van der Waals surface area contributed by atoms with Gasteiger partial charge < -0.3 is 5.32 Å². The third-order valence-electron chi connectivity index (χ3n) is 3.63. The molecule has 1 heterocycles. The number of halogens is 1. The molecule has 0 saturated carbocycles. The maximum atomic E-state index is 11.9. The number of rotatable bonds is 5. The lowest BCUT2D eigenvalue weighted by atomic mass is 10.2. The summed E-state index contributed by atoms with van der Waals surface area (Å²) >= 11 is 5.80. The molecule has 0 aliphatic carbocycles. The van der Waals surface area contributed by atoms with Gasteiger partial charge in [0.05, 0.1) is 18.1 Å². The summed E-state index contributed by atoms with van der Waals surface area (Å²) in [7, 11) is -1.14. The van der Waals surface area contributed by atoms with E-state index in [0.717, 1.165) is 5.56 Å². The molecular formula is C14H19ClN2O3S. The number of benzene rings is 1. The van der Waals surface area contributed by atoms with Gasteiger partial charge in [0.15, 0.2) is 9.84 Å². The molecule has 2 rings (SSSR count). The number of likely N-dealkylation sites (N-methyl/N-ethyl adjacent to an activating group) is 1. The third-order valence-corrected chi connectivity index (χ3v) is 5.63. The molecule has 1 aromatic carbocycles. The smallest absolute Gasteiger partial charge is 0.234 e. The van der Waals surface area contributed by atoms with Crippen LogP contribution < -0.4 is 5.32 Å². The van der Waals surface area contributed by atoms with E-state index in [1.165, 1.54) is 0 Å². The number of sulfone groups is 1. The quantitative estimate of drug-likeness (QED) is 0.877.